The molecule has 0 aromatic carbocycles. The van der Waals surface area contributed by atoms with Crippen LogP contribution in [0.25, 0.3) is 0 Å². The predicted molar refractivity (Wildman–Crippen MR) is 87.1 cm³/mol. The highest BCUT2D eigenvalue weighted by Gasteiger charge is 2.22. The van der Waals surface area contributed by atoms with Crippen LogP contribution in [-0.2, 0) is 6.54 Å². The SMILES string of the molecule is Cc1cc(C(=O)C(C)Cl)c(C)n1CC1CSCCS1. The van der Waals surface area contributed by atoms with Crippen molar-refractivity contribution in [1.29, 1.82) is 0 Å². The van der Waals surface area contributed by atoms with Crippen molar-refractivity contribution in [2.45, 2.75) is 37.9 Å². The van der Waals surface area contributed by atoms with Crippen molar-refractivity contribution in [3.8, 4) is 0 Å². The zero-order chi connectivity index (χ0) is 14.0. The van der Waals surface area contributed by atoms with Crippen molar-refractivity contribution in [3.05, 3.63) is 23.0 Å². The van der Waals surface area contributed by atoms with Crippen molar-refractivity contribution in [2.24, 2.45) is 0 Å². The molecule has 0 aliphatic carbocycles. The van der Waals surface area contributed by atoms with Crippen LogP contribution in [0.2, 0.25) is 0 Å². The van der Waals surface area contributed by atoms with Gasteiger partial charge >= 0.3 is 0 Å². The molecular formula is C14H20ClNOS2. The molecule has 1 aliphatic heterocycles. The van der Waals surface area contributed by atoms with Crippen LogP contribution in [0.1, 0.15) is 28.7 Å². The van der Waals surface area contributed by atoms with E-state index >= 15 is 0 Å². The molecule has 19 heavy (non-hydrogen) atoms. The maximum atomic E-state index is 12.1. The number of alkyl halides is 1. The molecule has 1 aliphatic rings. The summed E-state index contributed by atoms with van der Waals surface area (Å²) in [4.78, 5) is 12.1. The summed E-state index contributed by atoms with van der Waals surface area (Å²) >= 11 is 10.00. The predicted octanol–water partition coefficient (Wildman–Crippen LogP) is 3.76. The van der Waals surface area contributed by atoms with Crippen LogP contribution in [0.3, 0.4) is 0 Å². The van der Waals surface area contributed by atoms with Gasteiger partial charge in [0.1, 0.15) is 0 Å². The topological polar surface area (TPSA) is 22.0 Å². The van der Waals surface area contributed by atoms with Gasteiger partial charge in [-0.1, -0.05) is 0 Å². The van der Waals surface area contributed by atoms with Gasteiger partial charge in [-0.2, -0.15) is 23.5 Å². The third-order valence-electron chi connectivity index (χ3n) is 3.47. The number of aryl methyl sites for hydroxylation is 1. The van der Waals surface area contributed by atoms with E-state index in [1.807, 2.05) is 36.5 Å². The zero-order valence-electron chi connectivity index (χ0n) is 11.6. The number of hydrogen-bond acceptors (Lipinski definition) is 3. The fourth-order valence-corrected chi connectivity index (χ4v) is 5.16. The summed E-state index contributed by atoms with van der Waals surface area (Å²) in [6, 6.07) is 1.98. The molecule has 2 heterocycles. The highest BCUT2D eigenvalue weighted by molar-refractivity contribution is 8.06. The van der Waals surface area contributed by atoms with Gasteiger partial charge in [0.25, 0.3) is 0 Å². The third-order valence-corrected chi connectivity index (χ3v) is 6.50. The molecule has 0 N–H and O–H groups in total. The van der Waals surface area contributed by atoms with Crippen LogP contribution < -0.4 is 0 Å². The molecular weight excluding hydrogens is 298 g/mol. The van der Waals surface area contributed by atoms with Gasteiger partial charge in [-0.25, -0.2) is 0 Å². The molecule has 2 unspecified atom stereocenters. The summed E-state index contributed by atoms with van der Waals surface area (Å²) in [5.74, 6) is 3.74. The Kier molecular flexibility index (Phi) is 5.32. The molecule has 2 nitrogen and oxygen atoms in total. The maximum absolute atomic E-state index is 12.1. The molecule has 1 aromatic heterocycles. The number of halogens is 1. The van der Waals surface area contributed by atoms with Gasteiger partial charge in [-0.3, -0.25) is 4.79 Å². The van der Waals surface area contributed by atoms with Gasteiger partial charge < -0.3 is 4.57 Å². The average molecular weight is 318 g/mol. The van der Waals surface area contributed by atoms with Crippen molar-refractivity contribution in [2.75, 3.05) is 17.3 Å². The maximum Gasteiger partial charge on any atom is 0.182 e. The fourth-order valence-electron chi connectivity index (χ4n) is 2.39. The Labute approximate surface area is 128 Å². The number of hydrogen-bond donors (Lipinski definition) is 0. The first-order chi connectivity index (χ1) is 9.00. The summed E-state index contributed by atoms with van der Waals surface area (Å²) in [5, 5.41) is 0.202. The minimum Gasteiger partial charge on any atom is -0.347 e. The molecule has 2 atom stereocenters. The van der Waals surface area contributed by atoms with Gasteiger partial charge in [0.15, 0.2) is 5.78 Å². The Morgan fingerprint density at radius 2 is 2.26 bits per heavy atom. The lowest BCUT2D eigenvalue weighted by atomic mass is 10.1. The Bertz CT molecular complexity index is 464. The lowest BCUT2D eigenvalue weighted by molar-refractivity contribution is 0.0991. The molecule has 1 aromatic rings. The second-order valence-corrected chi connectivity index (χ2v) is 8.16. The Hall–Kier alpha value is -0.0600. The number of carbonyl (C=O) groups excluding carboxylic acids is 1. The van der Waals surface area contributed by atoms with E-state index in [2.05, 4.69) is 11.5 Å². The van der Waals surface area contributed by atoms with E-state index in [1.54, 1.807) is 6.92 Å². The summed E-state index contributed by atoms with van der Waals surface area (Å²) < 4.78 is 2.27. The number of Topliss-reactive ketones (excluding diaryl/α,β-unsaturated/α-hetero) is 1. The van der Waals surface area contributed by atoms with Crippen LogP contribution in [0.15, 0.2) is 6.07 Å². The van der Waals surface area contributed by atoms with Crippen molar-refractivity contribution >= 4 is 40.9 Å². The standard InChI is InChI=1S/C14H20ClNOS2/c1-9-6-13(14(17)10(2)15)11(3)16(9)7-12-8-18-4-5-19-12/h6,10,12H,4-5,7-8H2,1-3H3. The quantitative estimate of drug-likeness (QED) is 0.623. The molecule has 1 fully saturated rings. The normalized spacial score (nSPS) is 21.4. The average Bonchev–Trinajstić information content (AvgIpc) is 2.67. The lowest BCUT2D eigenvalue weighted by Gasteiger charge is -2.23. The van der Waals surface area contributed by atoms with Gasteiger partial charge in [0.2, 0.25) is 0 Å². The van der Waals surface area contributed by atoms with Crippen LogP contribution in [0, 0.1) is 13.8 Å². The summed E-state index contributed by atoms with van der Waals surface area (Å²) in [7, 11) is 0. The molecule has 0 amide bonds. The van der Waals surface area contributed by atoms with E-state index in [0.717, 1.165) is 23.5 Å². The number of carbonyl (C=O) groups is 1. The smallest absolute Gasteiger partial charge is 0.182 e. The van der Waals surface area contributed by atoms with Crippen LogP contribution in [-0.4, -0.2) is 38.2 Å². The fraction of sp³-hybridized carbons (Fsp3) is 0.643. The van der Waals surface area contributed by atoms with Crippen molar-refractivity contribution < 1.29 is 4.79 Å². The van der Waals surface area contributed by atoms with E-state index < -0.39 is 5.38 Å². The molecule has 5 heteroatoms. The Morgan fingerprint density at radius 3 is 2.84 bits per heavy atom. The molecule has 0 bridgehead atoms. The van der Waals surface area contributed by atoms with E-state index in [4.69, 9.17) is 11.6 Å². The first-order valence-electron chi connectivity index (χ1n) is 6.55. The number of thioether (sulfide) groups is 2. The van der Waals surface area contributed by atoms with E-state index in [9.17, 15) is 4.79 Å². The minimum absolute atomic E-state index is 0.0340. The van der Waals surface area contributed by atoms with Crippen LogP contribution in [0.4, 0.5) is 0 Å². The van der Waals surface area contributed by atoms with Gasteiger partial charge in [-0.05, 0) is 26.8 Å². The number of ketones is 1. The molecule has 0 radical (unpaired) electrons. The van der Waals surface area contributed by atoms with E-state index in [1.165, 1.54) is 17.3 Å². The molecule has 0 saturated carbocycles. The Balaban J connectivity index is 2.19. The zero-order valence-corrected chi connectivity index (χ0v) is 14.0. The van der Waals surface area contributed by atoms with Gasteiger partial charge in [0, 0.05) is 46.0 Å². The largest absolute Gasteiger partial charge is 0.347 e. The molecule has 2 rings (SSSR count). The van der Waals surface area contributed by atoms with E-state index in [0.29, 0.717) is 5.25 Å². The number of rotatable bonds is 4. The first-order valence-corrected chi connectivity index (χ1v) is 9.19. The third kappa shape index (κ3) is 3.53. The minimum atomic E-state index is -0.450. The molecule has 1 saturated heterocycles. The van der Waals surface area contributed by atoms with Gasteiger partial charge in [-0.15, -0.1) is 11.6 Å². The van der Waals surface area contributed by atoms with Crippen LogP contribution in [0.5, 0.6) is 0 Å². The summed E-state index contributed by atoms with van der Waals surface area (Å²) in [5.41, 5.74) is 3.01. The first kappa shape index (κ1) is 15.3. The number of nitrogens with zero attached hydrogens (tertiary/aromatic N) is 1. The number of aromatic nitrogens is 1. The second-order valence-electron chi connectivity index (χ2n) is 4.94. The highest BCUT2D eigenvalue weighted by atomic mass is 35.5. The van der Waals surface area contributed by atoms with Crippen molar-refractivity contribution in [3.63, 3.8) is 0 Å². The highest BCUT2D eigenvalue weighted by Crippen LogP contribution is 2.27. The Morgan fingerprint density at radius 1 is 1.53 bits per heavy atom. The lowest BCUT2D eigenvalue weighted by Crippen LogP contribution is -2.22. The van der Waals surface area contributed by atoms with Crippen LogP contribution >= 0.6 is 35.1 Å². The molecule has 0 spiro atoms. The molecule has 106 valence electrons. The monoisotopic (exact) mass is 317 g/mol. The summed E-state index contributed by atoms with van der Waals surface area (Å²) in [6.45, 7) is 6.84. The van der Waals surface area contributed by atoms with Crippen molar-refractivity contribution in [1.82, 2.24) is 4.57 Å². The van der Waals surface area contributed by atoms with E-state index in [-0.39, 0.29) is 5.78 Å². The van der Waals surface area contributed by atoms with Gasteiger partial charge in [0.05, 0.1) is 5.38 Å². The summed E-state index contributed by atoms with van der Waals surface area (Å²) in [6.07, 6.45) is 0. The second kappa shape index (κ2) is 6.59.